The summed E-state index contributed by atoms with van der Waals surface area (Å²) in [5, 5.41) is 23.7. The van der Waals surface area contributed by atoms with Crippen LogP contribution < -0.4 is 0 Å². The highest BCUT2D eigenvalue weighted by Gasteiger charge is 2.53. The van der Waals surface area contributed by atoms with Crippen LogP contribution in [0.25, 0.3) is 6.08 Å². The maximum atomic E-state index is 13.4. The standard InChI is InChI=1S/C28H40N2O5S/c1-16-9-8-10-28(7)23(35-28)13-22(17(2)11-21-15-36-19(4)30-21)34-24(31)12-20(14-29)27(5,6)26(33)18(3)25(16)32/h11,15-16,18,20,22-23,25,32H,8-10,12-13H2,1-7H3/b17-11+/t16-,18?,20+,22-,23?,25-,28+/m0/s1. The third-order valence-corrected chi connectivity index (χ3v) is 8.92. The molecule has 0 bridgehead atoms. The molecule has 3 heterocycles. The first-order valence-electron chi connectivity index (χ1n) is 12.9. The molecule has 0 radical (unpaired) electrons. The van der Waals surface area contributed by atoms with Crippen molar-refractivity contribution < 1.29 is 24.2 Å². The van der Waals surface area contributed by atoms with E-state index in [0.29, 0.717) is 6.42 Å². The van der Waals surface area contributed by atoms with Crippen molar-refractivity contribution in [3.05, 3.63) is 21.7 Å². The summed E-state index contributed by atoms with van der Waals surface area (Å²) in [5.74, 6) is -2.32. The van der Waals surface area contributed by atoms with Gasteiger partial charge in [0.25, 0.3) is 0 Å². The van der Waals surface area contributed by atoms with Crippen molar-refractivity contribution in [3.8, 4) is 6.07 Å². The summed E-state index contributed by atoms with van der Waals surface area (Å²) in [6, 6.07) is 2.16. The molecule has 1 N–H and O–H groups in total. The lowest BCUT2D eigenvalue weighted by atomic mass is 9.69. The number of aliphatic hydroxyl groups is 1. The predicted octanol–water partition coefficient (Wildman–Crippen LogP) is 5.26. The van der Waals surface area contributed by atoms with E-state index in [9.17, 15) is 20.0 Å². The Balaban J connectivity index is 1.89. The van der Waals surface area contributed by atoms with Gasteiger partial charge in [0.15, 0.2) is 0 Å². The number of thiazole rings is 1. The molecule has 1 aromatic heterocycles. The summed E-state index contributed by atoms with van der Waals surface area (Å²) in [5.41, 5.74) is 0.270. The van der Waals surface area contributed by atoms with E-state index in [-0.39, 0.29) is 29.8 Å². The van der Waals surface area contributed by atoms with Crippen LogP contribution in [0, 0.1) is 41.4 Å². The Kier molecular flexibility index (Phi) is 8.80. The number of ketones is 1. The number of carbonyl (C=O) groups is 2. The second-order valence-corrected chi connectivity index (χ2v) is 12.5. The number of Topliss-reactive ketones (excluding diaryl/α,β-unsaturated/α-hetero) is 1. The number of esters is 1. The molecule has 2 saturated heterocycles. The summed E-state index contributed by atoms with van der Waals surface area (Å²) < 4.78 is 12.0. The third kappa shape index (κ3) is 6.42. The summed E-state index contributed by atoms with van der Waals surface area (Å²) in [6.45, 7) is 13.0. The van der Waals surface area contributed by atoms with Gasteiger partial charge < -0.3 is 14.6 Å². The first-order chi connectivity index (χ1) is 16.8. The van der Waals surface area contributed by atoms with Gasteiger partial charge in [-0.15, -0.1) is 11.3 Å². The lowest BCUT2D eigenvalue weighted by molar-refractivity contribution is -0.150. The molecule has 2 fully saturated rings. The maximum Gasteiger partial charge on any atom is 0.307 e. The zero-order valence-corrected chi connectivity index (χ0v) is 23.4. The van der Waals surface area contributed by atoms with Crippen LogP contribution in [0.1, 0.15) is 84.3 Å². The average molecular weight is 517 g/mol. The van der Waals surface area contributed by atoms with E-state index in [4.69, 9.17) is 9.47 Å². The third-order valence-electron chi connectivity index (χ3n) is 8.13. The SMILES string of the molecule is C/C(=C\c1csc(C)n1)[C@@H]1CC2O[C@]2(C)CCC[C@H](C)[C@H](O)C(C)C(=O)C(C)(C)[C@@H](C#N)CC(=O)O1. The van der Waals surface area contributed by atoms with Crippen LogP contribution in [0.5, 0.6) is 0 Å². The number of fused-ring (bicyclic) bond motifs is 1. The van der Waals surface area contributed by atoms with Crippen molar-refractivity contribution in [2.75, 3.05) is 0 Å². The molecular weight excluding hydrogens is 476 g/mol. The molecular formula is C28H40N2O5S. The minimum Gasteiger partial charge on any atom is -0.458 e. The fraction of sp³-hybridized carbons (Fsp3) is 0.714. The van der Waals surface area contributed by atoms with Gasteiger partial charge in [-0.05, 0) is 51.2 Å². The highest BCUT2D eigenvalue weighted by atomic mass is 32.1. The fourth-order valence-corrected chi connectivity index (χ4v) is 5.86. The van der Waals surface area contributed by atoms with Crippen molar-refractivity contribution in [2.24, 2.45) is 23.2 Å². The first-order valence-corrected chi connectivity index (χ1v) is 13.8. The Morgan fingerprint density at radius 2 is 2.00 bits per heavy atom. The average Bonchev–Trinajstić information content (AvgIpc) is 3.26. The van der Waals surface area contributed by atoms with Gasteiger partial charge in [-0.3, -0.25) is 9.59 Å². The minimum atomic E-state index is -1.11. The molecule has 198 valence electrons. The summed E-state index contributed by atoms with van der Waals surface area (Å²) in [4.78, 5) is 31.0. The number of aliphatic hydroxyl groups excluding tert-OH is 1. The molecule has 0 aromatic carbocycles. The van der Waals surface area contributed by atoms with Crippen LogP contribution in [-0.2, 0) is 19.1 Å². The lowest BCUT2D eigenvalue weighted by Gasteiger charge is -2.34. The predicted molar refractivity (Wildman–Crippen MR) is 139 cm³/mol. The van der Waals surface area contributed by atoms with Gasteiger partial charge in [0, 0.05) is 23.1 Å². The van der Waals surface area contributed by atoms with Gasteiger partial charge in [-0.1, -0.05) is 34.1 Å². The number of hydrogen-bond donors (Lipinski definition) is 1. The fourth-order valence-electron chi connectivity index (χ4n) is 5.29. The summed E-state index contributed by atoms with van der Waals surface area (Å²) >= 11 is 1.56. The van der Waals surface area contributed by atoms with E-state index in [1.165, 1.54) is 0 Å². The zero-order chi connectivity index (χ0) is 26.8. The topological polar surface area (TPSA) is 113 Å². The smallest absolute Gasteiger partial charge is 0.307 e. The number of aryl methyl sites for hydroxylation is 1. The molecule has 36 heavy (non-hydrogen) atoms. The van der Waals surface area contributed by atoms with Crippen LogP contribution in [-0.4, -0.2) is 45.8 Å². The number of cyclic esters (lactones) is 1. The number of epoxide rings is 1. The maximum absolute atomic E-state index is 13.4. The molecule has 2 unspecified atom stereocenters. The number of rotatable bonds is 2. The number of hydrogen-bond acceptors (Lipinski definition) is 8. The van der Waals surface area contributed by atoms with Crippen LogP contribution in [0.2, 0.25) is 0 Å². The van der Waals surface area contributed by atoms with Crippen LogP contribution >= 0.6 is 11.3 Å². The van der Waals surface area contributed by atoms with E-state index in [1.54, 1.807) is 32.1 Å². The van der Waals surface area contributed by atoms with Crippen LogP contribution in [0.15, 0.2) is 11.0 Å². The van der Waals surface area contributed by atoms with Gasteiger partial charge in [-0.2, -0.15) is 5.26 Å². The Bertz CT molecular complexity index is 1040. The van der Waals surface area contributed by atoms with E-state index in [2.05, 4.69) is 18.0 Å². The monoisotopic (exact) mass is 516 g/mol. The highest BCUT2D eigenvalue weighted by Crippen LogP contribution is 2.45. The summed E-state index contributed by atoms with van der Waals surface area (Å²) in [6.07, 6.45) is 3.32. The van der Waals surface area contributed by atoms with Gasteiger partial charge >= 0.3 is 5.97 Å². The Labute approximate surface area is 218 Å². The first kappa shape index (κ1) is 28.5. The van der Waals surface area contributed by atoms with Crippen LogP contribution in [0.3, 0.4) is 0 Å². The van der Waals surface area contributed by atoms with Crippen molar-refractivity contribution in [3.63, 3.8) is 0 Å². The molecule has 2 aliphatic heterocycles. The molecule has 2 aliphatic rings. The molecule has 0 spiro atoms. The largest absolute Gasteiger partial charge is 0.458 e. The Morgan fingerprint density at radius 1 is 1.31 bits per heavy atom. The number of nitriles is 1. The molecule has 0 saturated carbocycles. The van der Waals surface area contributed by atoms with E-state index in [1.807, 2.05) is 32.2 Å². The van der Waals surface area contributed by atoms with Gasteiger partial charge in [-0.25, -0.2) is 4.98 Å². The van der Waals surface area contributed by atoms with Crippen molar-refractivity contribution >= 4 is 29.2 Å². The van der Waals surface area contributed by atoms with E-state index < -0.39 is 35.4 Å². The van der Waals surface area contributed by atoms with E-state index in [0.717, 1.165) is 35.5 Å². The zero-order valence-electron chi connectivity index (χ0n) is 22.5. The molecule has 8 heteroatoms. The molecule has 0 amide bonds. The molecule has 0 aliphatic carbocycles. The van der Waals surface area contributed by atoms with Gasteiger partial charge in [0.2, 0.25) is 0 Å². The van der Waals surface area contributed by atoms with Gasteiger partial charge in [0.05, 0.1) is 46.9 Å². The quantitative estimate of drug-likeness (QED) is 0.421. The van der Waals surface area contributed by atoms with Crippen molar-refractivity contribution in [1.29, 1.82) is 5.26 Å². The Hall–Kier alpha value is -2.08. The lowest BCUT2D eigenvalue weighted by Crippen LogP contribution is -2.43. The second kappa shape index (κ2) is 11.1. The number of aromatic nitrogens is 1. The number of nitrogens with zero attached hydrogens (tertiary/aromatic N) is 2. The van der Waals surface area contributed by atoms with Crippen LogP contribution in [0.4, 0.5) is 0 Å². The number of carbonyl (C=O) groups excluding carboxylic acids is 2. The van der Waals surface area contributed by atoms with Crippen molar-refractivity contribution in [1.82, 2.24) is 4.98 Å². The van der Waals surface area contributed by atoms with E-state index >= 15 is 0 Å². The number of ether oxygens (including phenoxy) is 2. The van der Waals surface area contributed by atoms with Crippen molar-refractivity contribution in [2.45, 2.75) is 104 Å². The summed E-state index contributed by atoms with van der Waals surface area (Å²) in [7, 11) is 0. The van der Waals surface area contributed by atoms with Gasteiger partial charge in [0.1, 0.15) is 11.9 Å². The molecule has 7 nitrogen and oxygen atoms in total. The Morgan fingerprint density at radius 3 is 2.61 bits per heavy atom. The normalized spacial score (nSPS) is 36.5. The molecule has 3 rings (SSSR count). The highest BCUT2D eigenvalue weighted by molar-refractivity contribution is 7.09. The molecule has 7 atom stereocenters. The molecule has 1 aromatic rings. The minimum absolute atomic E-state index is 0.0485. The second-order valence-electron chi connectivity index (χ2n) is 11.4.